The number of aliphatic hydroxyl groups excluding tert-OH is 1. The summed E-state index contributed by atoms with van der Waals surface area (Å²) in [7, 11) is 0. The van der Waals surface area contributed by atoms with E-state index in [1.807, 2.05) is 53.2 Å². The highest BCUT2D eigenvalue weighted by molar-refractivity contribution is 7.12. The first-order valence-electron chi connectivity index (χ1n) is 8.56. The zero-order valence-electron chi connectivity index (χ0n) is 14.4. The number of amides is 1. The molecule has 2 aromatic heterocycles. The second kappa shape index (κ2) is 7.50. The van der Waals surface area contributed by atoms with Crippen molar-refractivity contribution in [2.24, 2.45) is 0 Å². The van der Waals surface area contributed by atoms with Gasteiger partial charge >= 0.3 is 0 Å². The van der Waals surface area contributed by atoms with Crippen LogP contribution < -0.4 is 0 Å². The fourth-order valence-corrected chi connectivity index (χ4v) is 4.82. The van der Waals surface area contributed by atoms with Gasteiger partial charge in [-0.15, -0.1) is 22.7 Å². The predicted molar refractivity (Wildman–Crippen MR) is 107 cm³/mol. The van der Waals surface area contributed by atoms with Gasteiger partial charge < -0.3 is 10.0 Å². The molecule has 1 unspecified atom stereocenters. The number of hydrogen-bond acceptors (Lipinski definition) is 5. The molecule has 0 bridgehead atoms. The molecule has 1 aliphatic rings. The average molecular weight is 396 g/mol. The van der Waals surface area contributed by atoms with Gasteiger partial charge in [-0.25, -0.2) is 0 Å². The Hall–Kier alpha value is -2.70. The number of benzene rings is 1. The van der Waals surface area contributed by atoms with Gasteiger partial charge in [0.05, 0.1) is 16.5 Å². The van der Waals surface area contributed by atoms with E-state index in [0.717, 1.165) is 10.4 Å². The molecule has 1 amide bonds. The Bertz CT molecular complexity index is 976. The van der Waals surface area contributed by atoms with Crippen molar-refractivity contribution in [1.82, 2.24) is 4.90 Å². The van der Waals surface area contributed by atoms with Gasteiger partial charge in [-0.05, 0) is 34.9 Å². The zero-order chi connectivity index (χ0) is 18.8. The van der Waals surface area contributed by atoms with Crippen LogP contribution in [0.1, 0.15) is 26.2 Å². The lowest BCUT2D eigenvalue weighted by Crippen LogP contribution is -2.32. The molecule has 3 heterocycles. The van der Waals surface area contributed by atoms with Gasteiger partial charge in [0.15, 0.2) is 5.76 Å². The normalized spacial score (nSPS) is 17.0. The van der Waals surface area contributed by atoms with Crippen molar-refractivity contribution in [3.05, 3.63) is 92.0 Å². The summed E-state index contributed by atoms with van der Waals surface area (Å²) in [4.78, 5) is 28.8. The lowest BCUT2D eigenvalue weighted by atomic mass is 10.0. The molecule has 4 rings (SSSR count). The molecule has 1 atom stereocenters. The molecule has 3 aromatic rings. The second-order valence-corrected chi connectivity index (χ2v) is 8.15. The summed E-state index contributed by atoms with van der Waals surface area (Å²) >= 11 is 2.79. The van der Waals surface area contributed by atoms with Gasteiger partial charge in [0.25, 0.3) is 5.91 Å². The quantitative estimate of drug-likeness (QED) is 0.619. The smallest absolute Gasteiger partial charge is 0.290 e. The summed E-state index contributed by atoms with van der Waals surface area (Å²) in [5, 5.41) is 14.3. The maximum absolute atomic E-state index is 13.0. The Balaban J connectivity index is 1.68. The number of carbonyl (C=O) groups is 2. The molecule has 27 heavy (non-hydrogen) atoms. The molecule has 0 spiro atoms. The van der Waals surface area contributed by atoms with E-state index in [0.29, 0.717) is 17.8 Å². The highest BCUT2D eigenvalue weighted by Gasteiger charge is 2.44. The minimum Gasteiger partial charge on any atom is -0.503 e. The van der Waals surface area contributed by atoms with Gasteiger partial charge in [-0.1, -0.05) is 42.5 Å². The lowest BCUT2D eigenvalue weighted by molar-refractivity contribution is -0.129. The molecule has 1 N–H and O–H groups in total. The number of rotatable bonds is 6. The molecular weight excluding hydrogens is 378 g/mol. The van der Waals surface area contributed by atoms with E-state index >= 15 is 0 Å². The topological polar surface area (TPSA) is 57.6 Å². The van der Waals surface area contributed by atoms with Crippen molar-refractivity contribution >= 4 is 34.4 Å². The minimum atomic E-state index is -0.546. The average Bonchev–Trinajstić information content (AvgIpc) is 3.43. The third-order valence-corrected chi connectivity index (χ3v) is 6.38. The van der Waals surface area contributed by atoms with E-state index in [9.17, 15) is 14.7 Å². The largest absolute Gasteiger partial charge is 0.503 e. The van der Waals surface area contributed by atoms with Gasteiger partial charge in [0.2, 0.25) is 5.78 Å². The van der Waals surface area contributed by atoms with Crippen LogP contribution in [0.25, 0.3) is 0 Å². The van der Waals surface area contributed by atoms with Crippen LogP contribution in [0.15, 0.2) is 76.7 Å². The van der Waals surface area contributed by atoms with Crippen molar-refractivity contribution in [3.8, 4) is 0 Å². The van der Waals surface area contributed by atoms with Crippen LogP contribution >= 0.6 is 22.7 Å². The summed E-state index contributed by atoms with van der Waals surface area (Å²) in [5.74, 6) is -1.19. The SMILES string of the molecule is O=C(C1=C(O)C(=O)N(CCc2ccccc2)C1c1cccs1)c1cccs1. The summed E-state index contributed by atoms with van der Waals surface area (Å²) in [6, 6.07) is 16.6. The molecule has 0 aliphatic carbocycles. The fourth-order valence-electron chi connectivity index (χ4n) is 3.29. The Morgan fingerprint density at radius 2 is 1.74 bits per heavy atom. The molecule has 1 aliphatic heterocycles. The highest BCUT2D eigenvalue weighted by atomic mass is 32.1. The number of ketones is 1. The van der Waals surface area contributed by atoms with E-state index in [2.05, 4.69) is 0 Å². The van der Waals surface area contributed by atoms with E-state index < -0.39 is 17.7 Å². The van der Waals surface area contributed by atoms with Gasteiger partial charge in [-0.2, -0.15) is 0 Å². The summed E-state index contributed by atoms with van der Waals surface area (Å²) < 4.78 is 0. The monoisotopic (exact) mass is 395 g/mol. The summed E-state index contributed by atoms with van der Waals surface area (Å²) in [5.41, 5.74) is 1.28. The van der Waals surface area contributed by atoms with Crippen LogP contribution in [0.2, 0.25) is 0 Å². The first-order chi connectivity index (χ1) is 13.2. The number of aliphatic hydroxyl groups is 1. The third-order valence-electron chi connectivity index (χ3n) is 4.59. The van der Waals surface area contributed by atoms with Gasteiger partial charge in [0, 0.05) is 11.4 Å². The van der Waals surface area contributed by atoms with Crippen molar-refractivity contribution in [2.75, 3.05) is 6.54 Å². The maximum atomic E-state index is 13.0. The first kappa shape index (κ1) is 17.7. The number of carbonyl (C=O) groups excluding carboxylic acids is 2. The molecule has 136 valence electrons. The Morgan fingerprint density at radius 1 is 1.00 bits per heavy atom. The number of hydrogen-bond donors (Lipinski definition) is 1. The van der Waals surface area contributed by atoms with E-state index in [1.54, 1.807) is 17.0 Å². The van der Waals surface area contributed by atoms with Crippen LogP contribution in [-0.4, -0.2) is 28.2 Å². The lowest BCUT2D eigenvalue weighted by Gasteiger charge is -2.25. The molecular formula is C21H17NO3S2. The predicted octanol–water partition coefficient (Wildman–Crippen LogP) is 4.63. The molecule has 1 aromatic carbocycles. The van der Waals surface area contributed by atoms with Crippen LogP contribution in [0.3, 0.4) is 0 Å². The van der Waals surface area contributed by atoms with Crippen LogP contribution in [0, 0.1) is 0 Å². The third kappa shape index (κ3) is 3.34. The van der Waals surface area contributed by atoms with E-state index in [-0.39, 0.29) is 11.4 Å². The zero-order valence-corrected chi connectivity index (χ0v) is 16.0. The maximum Gasteiger partial charge on any atom is 0.290 e. The van der Waals surface area contributed by atoms with Crippen molar-refractivity contribution in [3.63, 3.8) is 0 Å². The molecule has 0 saturated heterocycles. The van der Waals surface area contributed by atoms with E-state index in [4.69, 9.17) is 0 Å². The second-order valence-electron chi connectivity index (χ2n) is 6.22. The van der Waals surface area contributed by atoms with E-state index in [1.165, 1.54) is 22.7 Å². The fraction of sp³-hybridized carbons (Fsp3) is 0.143. The molecule has 4 nitrogen and oxygen atoms in total. The number of Topliss-reactive ketones (excluding diaryl/α,β-unsaturated/α-hetero) is 1. The Kier molecular flexibility index (Phi) is 4.92. The summed E-state index contributed by atoms with van der Waals surface area (Å²) in [6.07, 6.45) is 0.655. The highest BCUT2D eigenvalue weighted by Crippen LogP contribution is 2.41. The minimum absolute atomic E-state index is 0.179. The molecule has 0 radical (unpaired) electrons. The van der Waals surface area contributed by atoms with Gasteiger partial charge in [-0.3, -0.25) is 9.59 Å². The number of nitrogens with zero attached hydrogens (tertiary/aromatic N) is 1. The van der Waals surface area contributed by atoms with Crippen molar-refractivity contribution in [2.45, 2.75) is 12.5 Å². The van der Waals surface area contributed by atoms with Crippen molar-refractivity contribution < 1.29 is 14.7 Å². The van der Waals surface area contributed by atoms with Crippen LogP contribution in [0.5, 0.6) is 0 Å². The molecule has 0 saturated carbocycles. The van der Waals surface area contributed by atoms with Gasteiger partial charge in [0.1, 0.15) is 0 Å². The van der Waals surface area contributed by atoms with Crippen LogP contribution in [-0.2, 0) is 11.2 Å². The summed E-state index contributed by atoms with van der Waals surface area (Å²) in [6.45, 7) is 0.427. The van der Waals surface area contributed by atoms with Crippen molar-refractivity contribution in [1.29, 1.82) is 0 Å². The Morgan fingerprint density at radius 3 is 2.41 bits per heavy atom. The molecule has 6 heteroatoms. The standard InChI is InChI=1S/C21H17NO3S2/c23-19(16-9-5-13-27-16)17-18(15-8-4-12-26-15)22(21(25)20(17)24)11-10-14-6-2-1-3-7-14/h1-9,12-13,18,24H,10-11H2. The Labute approximate surface area is 165 Å². The molecule has 0 fully saturated rings. The van der Waals surface area contributed by atoms with Crippen LogP contribution in [0.4, 0.5) is 0 Å². The number of thiophene rings is 2. The first-order valence-corrected chi connectivity index (χ1v) is 10.3.